The van der Waals surface area contributed by atoms with Crippen molar-refractivity contribution in [3.05, 3.63) is 53.4 Å². The van der Waals surface area contributed by atoms with Crippen molar-refractivity contribution in [1.82, 2.24) is 19.7 Å². The Balaban J connectivity index is 0.00000121. The summed E-state index contributed by atoms with van der Waals surface area (Å²) in [4.78, 5) is 33.4. The maximum atomic E-state index is 12.8. The number of Topliss-reactive ketones (excluding diaryl/α,β-unsaturated/α-hetero) is 1. The molecule has 32 heavy (non-hydrogen) atoms. The normalized spacial score (nSPS) is 9.75. The molecule has 0 unspecified atom stereocenters. The van der Waals surface area contributed by atoms with Crippen LogP contribution in [0.25, 0.3) is 5.52 Å². The highest BCUT2D eigenvalue weighted by molar-refractivity contribution is 9.09. The highest BCUT2D eigenvalue weighted by Gasteiger charge is 2.21. The van der Waals surface area contributed by atoms with Gasteiger partial charge in [-0.3, -0.25) is 19.0 Å². The second-order valence-corrected chi connectivity index (χ2v) is 6.55. The monoisotopic (exact) mass is 506 g/mol. The zero-order valence-corrected chi connectivity index (χ0v) is 21.2. The summed E-state index contributed by atoms with van der Waals surface area (Å²) in [6.45, 7) is 10.0. The lowest BCUT2D eigenvalue weighted by Crippen LogP contribution is -2.25. The first kappa shape index (κ1) is 27.1. The molecule has 0 saturated carbocycles. The largest absolute Gasteiger partial charge is 0.497 e. The Morgan fingerprint density at radius 3 is 2.41 bits per heavy atom. The van der Waals surface area contributed by atoms with Crippen LogP contribution in [-0.4, -0.2) is 45.6 Å². The Morgan fingerprint density at radius 1 is 1.12 bits per heavy atom. The number of fused-ring (bicyclic) bond motifs is 1. The molecule has 1 amide bonds. The molecule has 1 aromatic carbocycles. The molecular formula is C23H31BrN4O4. The molecule has 0 aliphatic rings. The number of imidazole rings is 1. The molecule has 0 bridgehead atoms. The third-order valence-electron chi connectivity index (χ3n) is 4.18. The standard InChI is InChI=1S/C19H19BrN4O4.2C2H6/c1-11-10-24-14(9-21-11)17(15(25)7-20)23-18(24)19(26)22-8-12-4-5-13(27-2)6-16(12)28-3;2*1-2/h4-6,9-10H,7-8H2,1-3H3,(H,22,26);2*1-2H3. The van der Waals surface area contributed by atoms with E-state index in [4.69, 9.17) is 9.47 Å². The third-order valence-corrected chi connectivity index (χ3v) is 4.69. The van der Waals surface area contributed by atoms with Crippen molar-refractivity contribution in [3.8, 4) is 11.5 Å². The molecule has 0 aliphatic carbocycles. The molecule has 3 aromatic rings. The van der Waals surface area contributed by atoms with Gasteiger partial charge in [-0.1, -0.05) is 43.6 Å². The predicted molar refractivity (Wildman–Crippen MR) is 129 cm³/mol. The Bertz CT molecular complexity index is 1050. The van der Waals surface area contributed by atoms with Crippen LogP contribution in [0, 0.1) is 6.92 Å². The van der Waals surface area contributed by atoms with Gasteiger partial charge in [-0.05, 0) is 19.1 Å². The van der Waals surface area contributed by atoms with E-state index >= 15 is 0 Å². The molecule has 0 radical (unpaired) electrons. The first-order valence-electron chi connectivity index (χ1n) is 10.4. The maximum absolute atomic E-state index is 12.8. The van der Waals surface area contributed by atoms with Crippen LogP contribution in [-0.2, 0) is 6.54 Å². The summed E-state index contributed by atoms with van der Waals surface area (Å²) >= 11 is 3.14. The average molecular weight is 507 g/mol. The number of halogens is 1. The van der Waals surface area contributed by atoms with Gasteiger partial charge in [0.05, 0.1) is 37.0 Å². The van der Waals surface area contributed by atoms with Crippen LogP contribution in [0.15, 0.2) is 30.6 Å². The first-order valence-corrected chi connectivity index (χ1v) is 11.5. The number of ether oxygens (including phenoxy) is 2. The topological polar surface area (TPSA) is 94.8 Å². The number of ketones is 1. The Morgan fingerprint density at radius 2 is 1.81 bits per heavy atom. The fraction of sp³-hybridized carbons (Fsp3) is 0.391. The van der Waals surface area contributed by atoms with Crippen molar-refractivity contribution >= 4 is 33.1 Å². The lowest BCUT2D eigenvalue weighted by molar-refractivity contribution is 0.0939. The van der Waals surface area contributed by atoms with Gasteiger partial charge in [-0.15, -0.1) is 0 Å². The molecule has 0 spiro atoms. The van der Waals surface area contributed by atoms with E-state index in [1.54, 1.807) is 50.1 Å². The molecule has 8 nitrogen and oxygen atoms in total. The Hall–Kier alpha value is -2.94. The number of hydrogen-bond donors (Lipinski definition) is 1. The lowest BCUT2D eigenvalue weighted by Gasteiger charge is -2.11. The molecular weight excluding hydrogens is 476 g/mol. The summed E-state index contributed by atoms with van der Waals surface area (Å²) in [6.07, 6.45) is 3.22. The molecule has 2 heterocycles. The zero-order chi connectivity index (χ0) is 24.3. The van der Waals surface area contributed by atoms with E-state index in [1.807, 2.05) is 33.8 Å². The number of hydrogen-bond acceptors (Lipinski definition) is 6. The quantitative estimate of drug-likeness (QED) is 0.371. The summed E-state index contributed by atoms with van der Waals surface area (Å²) < 4.78 is 12.1. The van der Waals surface area contributed by atoms with Crippen molar-refractivity contribution in [2.75, 3.05) is 19.5 Å². The van der Waals surface area contributed by atoms with Crippen molar-refractivity contribution in [2.24, 2.45) is 0 Å². The molecule has 9 heteroatoms. The van der Waals surface area contributed by atoms with E-state index in [9.17, 15) is 9.59 Å². The smallest absolute Gasteiger partial charge is 0.287 e. The van der Waals surface area contributed by atoms with Gasteiger partial charge in [0.25, 0.3) is 5.91 Å². The Labute approximate surface area is 197 Å². The van der Waals surface area contributed by atoms with Crippen LogP contribution >= 0.6 is 15.9 Å². The zero-order valence-electron chi connectivity index (χ0n) is 19.7. The molecule has 0 aliphatic heterocycles. The second-order valence-electron chi connectivity index (χ2n) is 5.99. The van der Waals surface area contributed by atoms with Crippen molar-refractivity contribution in [3.63, 3.8) is 0 Å². The number of carbonyl (C=O) groups is 2. The van der Waals surface area contributed by atoms with E-state index < -0.39 is 5.91 Å². The van der Waals surface area contributed by atoms with Gasteiger partial charge in [-0.25, -0.2) is 4.98 Å². The fourth-order valence-corrected chi connectivity index (χ4v) is 3.03. The molecule has 0 fully saturated rings. The summed E-state index contributed by atoms with van der Waals surface area (Å²) in [5, 5.41) is 2.93. The van der Waals surface area contributed by atoms with Gasteiger partial charge >= 0.3 is 0 Å². The minimum atomic E-state index is -0.410. The summed E-state index contributed by atoms with van der Waals surface area (Å²) in [5.41, 5.74) is 2.18. The van der Waals surface area contributed by atoms with Gasteiger partial charge in [0.15, 0.2) is 5.78 Å². The van der Waals surface area contributed by atoms with E-state index in [0.29, 0.717) is 22.7 Å². The molecule has 2 aromatic heterocycles. The van der Waals surface area contributed by atoms with Crippen molar-refractivity contribution in [2.45, 2.75) is 41.2 Å². The van der Waals surface area contributed by atoms with E-state index in [1.165, 1.54) is 0 Å². The van der Waals surface area contributed by atoms with Gasteiger partial charge < -0.3 is 14.8 Å². The number of amides is 1. The van der Waals surface area contributed by atoms with Crippen LogP contribution in [0.3, 0.4) is 0 Å². The van der Waals surface area contributed by atoms with Crippen LogP contribution in [0.2, 0.25) is 0 Å². The number of aromatic nitrogens is 3. The molecule has 1 N–H and O–H groups in total. The number of benzene rings is 1. The Kier molecular flexibility index (Phi) is 11.4. The maximum Gasteiger partial charge on any atom is 0.287 e. The van der Waals surface area contributed by atoms with E-state index in [-0.39, 0.29) is 29.2 Å². The molecule has 0 atom stereocenters. The van der Waals surface area contributed by atoms with Crippen molar-refractivity contribution < 1.29 is 19.1 Å². The SMILES string of the molecule is CC.CC.COc1ccc(CNC(=O)c2nc(C(=O)CBr)c3cnc(C)cn23)c(OC)c1. The predicted octanol–water partition coefficient (Wildman–Crippen LogP) is 4.61. The summed E-state index contributed by atoms with van der Waals surface area (Å²) in [5.74, 6) is 0.748. The van der Waals surface area contributed by atoms with Gasteiger partial charge in [0, 0.05) is 24.4 Å². The van der Waals surface area contributed by atoms with Gasteiger partial charge in [-0.2, -0.15) is 0 Å². The highest BCUT2D eigenvalue weighted by atomic mass is 79.9. The van der Waals surface area contributed by atoms with Gasteiger partial charge in [0.2, 0.25) is 5.82 Å². The fourth-order valence-electron chi connectivity index (χ4n) is 2.76. The van der Waals surface area contributed by atoms with E-state index in [2.05, 4.69) is 31.2 Å². The molecule has 174 valence electrons. The molecule has 0 saturated heterocycles. The van der Waals surface area contributed by atoms with Crippen LogP contribution in [0.1, 0.15) is 60.1 Å². The average Bonchev–Trinajstić information content (AvgIpc) is 3.23. The number of aryl methyl sites for hydroxylation is 1. The number of nitrogens with zero attached hydrogens (tertiary/aromatic N) is 3. The lowest BCUT2D eigenvalue weighted by atomic mass is 10.2. The number of alkyl halides is 1. The highest BCUT2D eigenvalue weighted by Crippen LogP contribution is 2.24. The van der Waals surface area contributed by atoms with Crippen LogP contribution < -0.4 is 14.8 Å². The summed E-state index contributed by atoms with van der Waals surface area (Å²) in [6, 6.07) is 5.35. The number of methoxy groups -OCH3 is 2. The number of carbonyl (C=O) groups excluding carboxylic acids is 2. The number of rotatable bonds is 7. The van der Waals surface area contributed by atoms with Crippen molar-refractivity contribution in [1.29, 1.82) is 0 Å². The van der Waals surface area contributed by atoms with Crippen LogP contribution in [0.4, 0.5) is 0 Å². The van der Waals surface area contributed by atoms with Crippen LogP contribution in [0.5, 0.6) is 11.5 Å². The van der Waals surface area contributed by atoms with Gasteiger partial charge in [0.1, 0.15) is 17.2 Å². The minimum Gasteiger partial charge on any atom is -0.497 e. The number of nitrogens with one attached hydrogen (secondary N) is 1. The molecule has 3 rings (SSSR count). The minimum absolute atomic E-state index is 0.109. The second kappa shape index (κ2) is 13.5. The van der Waals surface area contributed by atoms with E-state index in [0.717, 1.165) is 5.56 Å². The third kappa shape index (κ3) is 6.29. The summed E-state index contributed by atoms with van der Waals surface area (Å²) in [7, 11) is 3.12. The first-order chi connectivity index (χ1) is 15.5.